The van der Waals surface area contributed by atoms with Gasteiger partial charge in [-0.1, -0.05) is 19.1 Å². The van der Waals surface area contributed by atoms with E-state index in [1.807, 2.05) is 24.3 Å². The van der Waals surface area contributed by atoms with Gasteiger partial charge in [0.25, 0.3) is 0 Å². The molecule has 0 aromatic heterocycles. The summed E-state index contributed by atoms with van der Waals surface area (Å²) in [4.78, 5) is 23.0. The first kappa shape index (κ1) is 15.3. The van der Waals surface area contributed by atoms with Gasteiger partial charge in [-0.15, -0.1) is 0 Å². The van der Waals surface area contributed by atoms with E-state index in [0.29, 0.717) is 13.0 Å². The van der Waals surface area contributed by atoms with E-state index in [9.17, 15) is 9.59 Å². The van der Waals surface area contributed by atoms with Crippen LogP contribution >= 0.6 is 0 Å². The van der Waals surface area contributed by atoms with Crippen molar-refractivity contribution in [3.63, 3.8) is 0 Å². The van der Waals surface area contributed by atoms with Crippen molar-refractivity contribution in [1.29, 1.82) is 0 Å². The maximum absolute atomic E-state index is 11.9. The number of nitrogens with one attached hydrogen (secondary N) is 4. The van der Waals surface area contributed by atoms with Crippen molar-refractivity contribution in [3.05, 3.63) is 29.8 Å². The smallest absolute Gasteiger partial charge is 0.319 e. The maximum Gasteiger partial charge on any atom is 0.319 e. The first-order chi connectivity index (χ1) is 10.1. The molecule has 1 aliphatic heterocycles. The molecule has 0 bridgehead atoms. The summed E-state index contributed by atoms with van der Waals surface area (Å²) >= 11 is 0. The van der Waals surface area contributed by atoms with Crippen LogP contribution in [0.1, 0.15) is 31.9 Å². The summed E-state index contributed by atoms with van der Waals surface area (Å²) in [5, 5.41) is 11.6. The van der Waals surface area contributed by atoms with Gasteiger partial charge in [0.2, 0.25) is 5.91 Å². The molecule has 1 aliphatic rings. The van der Waals surface area contributed by atoms with Gasteiger partial charge in [0.1, 0.15) is 0 Å². The standard InChI is InChI=1S/C15H22N4O2/c1-3-16-10(2)11-5-4-6-12(7-11)18-15(21)19-13-8-14(20)17-9-13/h4-7,10,13,16H,3,8-9H2,1-2H3,(H,17,20)(H2,18,19,21). The number of hydrogen-bond donors (Lipinski definition) is 4. The highest BCUT2D eigenvalue weighted by atomic mass is 16.2. The van der Waals surface area contributed by atoms with Gasteiger partial charge in [0.15, 0.2) is 0 Å². The summed E-state index contributed by atoms with van der Waals surface area (Å²) in [6.45, 7) is 5.52. The zero-order chi connectivity index (χ0) is 15.2. The molecular formula is C15H22N4O2. The lowest BCUT2D eigenvalue weighted by Crippen LogP contribution is -2.39. The Labute approximate surface area is 124 Å². The quantitative estimate of drug-likeness (QED) is 0.661. The summed E-state index contributed by atoms with van der Waals surface area (Å²) in [6.07, 6.45) is 0.338. The Morgan fingerprint density at radius 3 is 2.95 bits per heavy atom. The van der Waals surface area contributed by atoms with Crippen molar-refractivity contribution in [1.82, 2.24) is 16.0 Å². The average Bonchev–Trinajstić information content (AvgIpc) is 2.84. The minimum absolute atomic E-state index is 0.0261. The SMILES string of the molecule is CCNC(C)c1cccc(NC(=O)NC2CNC(=O)C2)c1. The fourth-order valence-corrected chi connectivity index (χ4v) is 2.37. The second-order valence-corrected chi connectivity index (χ2v) is 5.21. The highest BCUT2D eigenvalue weighted by molar-refractivity contribution is 5.90. The highest BCUT2D eigenvalue weighted by Crippen LogP contribution is 2.17. The van der Waals surface area contributed by atoms with Gasteiger partial charge in [-0.25, -0.2) is 4.79 Å². The van der Waals surface area contributed by atoms with Crippen molar-refractivity contribution in [2.75, 3.05) is 18.4 Å². The van der Waals surface area contributed by atoms with Gasteiger partial charge in [0, 0.05) is 24.7 Å². The molecule has 1 heterocycles. The second kappa shape index (κ2) is 7.08. The molecule has 114 valence electrons. The maximum atomic E-state index is 11.9. The largest absolute Gasteiger partial charge is 0.354 e. The number of urea groups is 1. The molecule has 1 fully saturated rings. The monoisotopic (exact) mass is 290 g/mol. The van der Waals surface area contributed by atoms with E-state index >= 15 is 0 Å². The lowest BCUT2D eigenvalue weighted by Gasteiger charge is -2.15. The van der Waals surface area contributed by atoms with Crippen LogP contribution in [0, 0.1) is 0 Å². The minimum atomic E-state index is -0.287. The van der Waals surface area contributed by atoms with E-state index in [0.717, 1.165) is 17.8 Å². The lowest BCUT2D eigenvalue weighted by molar-refractivity contribution is -0.119. The first-order valence-electron chi connectivity index (χ1n) is 7.26. The van der Waals surface area contributed by atoms with Crippen LogP contribution in [0.25, 0.3) is 0 Å². The van der Waals surface area contributed by atoms with Gasteiger partial charge in [-0.05, 0) is 31.2 Å². The normalized spacial score (nSPS) is 19.0. The summed E-state index contributed by atoms with van der Waals surface area (Å²) in [6, 6.07) is 7.54. The van der Waals surface area contributed by atoms with E-state index < -0.39 is 0 Å². The third-order valence-electron chi connectivity index (χ3n) is 3.47. The van der Waals surface area contributed by atoms with E-state index in [1.54, 1.807) is 0 Å². The Morgan fingerprint density at radius 2 is 2.29 bits per heavy atom. The number of amides is 3. The number of rotatable bonds is 5. The van der Waals surface area contributed by atoms with E-state index in [4.69, 9.17) is 0 Å². The molecule has 1 aromatic carbocycles. The molecule has 0 saturated carbocycles. The van der Waals surface area contributed by atoms with Crippen LogP contribution in [-0.2, 0) is 4.79 Å². The number of benzene rings is 1. The summed E-state index contributed by atoms with van der Waals surface area (Å²) in [7, 11) is 0. The van der Waals surface area contributed by atoms with Crippen molar-refractivity contribution in [2.45, 2.75) is 32.4 Å². The number of carbonyl (C=O) groups excluding carboxylic acids is 2. The summed E-state index contributed by atoms with van der Waals surface area (Å²) < 4.78 is 0. The van der Waals surface area contributed by atoms with Crippen LogP contribution in [0.5, 0.6) is 0 Å². The number of carbonyl (C=O) groups is 2. The van der Waals surface area contributed by atoms with Crippen molar-refractivity contribution in [3.8, 4) is 0 Å². The van der Waals surface area contributed by atoms with Gasteiger partial charge in [-0.3, -0.25) is 4.79 Å². The minimum Gasteiger partial charge on any atom is -0.354 e. The molecular weight excluding hydrogens is 268 g/mol. The average molecular weight is 290 g/mol. The lowest BCUT2D eigenvalue weighted by atomic mass is 10.1. The zero-order valence-corrected chi connectivity index (χ0v) is 12.4. The van der Waals surface area contributed by atoms with Crippen LogP contribution in [0.4, 0.5) is 10.5 Å². The van der Waals surface area contributed by atoms with E-state index in [2.05, 4.69) is 35.1 Å². The third-order valence-corrected chi connectivity index (χ3v) is 3.47. The molecule has 6 nitrogen and oxygen atoms in total. The molecule has 2 unspecified atom stereocenters. The van der Waals surface area contributed by atoms with Gasteiger partial charge in [-0.2, -0.15) is 0 Å². The predicted molar refractivity (Wildman–Crippen MR) is 82.1 cm³/mol. The molecule has 0 radical (unpaired) electrons. The molecule has 2 atom stereocenters. The Bertz CT molecular complexity index is 518. The molecule has 0 spiro atoms. The van der Waals surface area contributed by atoms with Gasteiger partial charge in [0.05, 0.1) is 6.04 Å². The third kappa shape index (κ3) is 4.46. The molecule has 2 rings (SSSR count). The van der Waals surface area contributed by atoms with Gasteiger partial charge >= 0.3 is 6.03 Å². The van der Waals surface area contributed by atoms with Crippen molar-refractivity contribution < 1.29 is 9.59 Å². The second-order valence-electron chi connectivity index (χ2n) is 5.21. The van der Waals surface area contributed by atoms with Crippen LogP contribution in [0.3, 0.4) is 0 Å². The fraction of sp³-hybridized carbons (Fsp3) is 0.467. The molecule has 21 heavy (non-hydrogen) atoms. The Morgan fingerprint density at radius 1 is 1.48 bits per heavy atom. The van der Waals surface area contributed by atoms with Crippen molar-refractivity contribution in [2.24, 2.45) is 0 Å². The number of anilines is 1. The van der Waals surface area contributed by atoms with Crippen LogP contribution in [-0.4, -0.2) is 31.1 Å². The van der Waals surface area contributed by atoms with Gasteiger partial charge < -0.3 is 21.3 Å². The van der Waals surface area contributed by atoms with E-state index in [-0.39, 0.29) is 24.0 Å². The Kier molecular flexibility index (Phi) is 5.16. The zero-order valence-electron chi connectivity index (χ0n) is 12.4. The molecule has 3 amide bonds. The van der Waals surface area contributed by atoms with Crippen LogP contribution in [0.2, 0.25) is 0 Å². The fourth-order valence-electron chi connectivity index (χ4n) is 2.37. The topological polar surface area (TPSA) is 82.3 Å². The summed E-state index contributed by atoms with van der Waals surface area (Å²) in [5.41, 5.74) is 1.86. The highest BCUT2D eigenvalue weighted by Gasteiger charge is 2.22. The molecule has 1 aromatic rings. The molecule has 6 heteroatoms. The van der Waals surface area contributed by atoms with E-state index in [1.165, 1.54) is 0 Å². The predicted octanol–water partition coefficient (Wildman–Crippen LogP) is 1.37. The summed E-state index contributed by atoms with van der Waals surface area (Å²) in [5.74, 6) is -0.0261. The van der Waals surface area contributed by atoms with Crippen LogP contribution < -0.4 is 21.3 Å². The first-order valence-corrected chi connectivity index (χ1v) is 7.26. The molecule has 1 saturated heterocycles. The Hall–Kier alpha value is -2.08. The Balaban J connectivity index is 1.91. The van der Waals surface area contributed by atoms with Crippen molar-refractivity contribution >= 4 is 17.6 Å². The number of hydrogen-bond acceptors (Lipinski definition) is 3. The molecule has 0 aliphatic carbocycles. The molecule has 4 N–H and O–H groups in total. The van der Waals surface area contributed by atoms with Crippen LogP contribution in [0.15, 0.2) is 24.3 Å².